The number of rotatable bonds is 4. The molecule has 3 amide bonds. The first kappa shape index (κ1) is 23.3. The largest absolute Gasteiger partial charge is 0.418 e. The Kier molecular flexibility index (Phi) is 6.05. The van der Waals surface area contributed by atoms with Gasteiger partial charge in [-0.3, -0.25) is 14.4 Å². The van der Waals surface area contributed by atoms with Crippen molar-refractivity contribution < 1.29 is 27.6 Å². The monoisotopic (exact) mass is 488 g/mol. The van der Waals surface area contributed by atoms with Crippen molar-refractivity contribution in [1.29, 1.82) is 0 Å². The number of thiophene rings is 1. The standard InChI is InChI=1S/C23H19F3N4O3S/c1-3-18(31)30-16-9-13(5-6-15(16)23(24,25)26)29-21(32)12-4-7-17-14(8-12)19-20(34-17)22(33)28-11(2)10-27-19/h3-9,11,27H,1,10H2,2H3,(H,28,33)(H,29,32)(H,30,31)/t11-/m1/s1. The van der Waals surface area contributed by atoms with Crippen molar-refractivity contribution in [2.45, 2.75) is 19.1 Å². The number of alkyl halides is 3. The van der Waals surface area contributed by atoms with Crippen molar-refractivity contribution >= 4 is 56.2 Å². The van der Waals surface area contributed by atoms with E-state index >= 15 is 0 Å². The van der Waals surface area contributed by atoms with Gasteiger partial charge in [0, 0.05) is 33.9 Å². The smallest absolute Gasteiger partial charge is 0.381 e. The molecule has 0 bridgehead atoms. The van der Waals surface area contributed by atoms with Gasteiger partial charge in [0.1, 0.15) is 4.88 Å². The average Bonchev–Trinajstić information content (AvgIpc) is 3.08. The van der Waals surface area contributed by atoms with Gasteiger partial charge in [-0.25, -0.2) is 0 Å². The maximum absolute atomic E-state index is 13.3. The summed E-state index contributed by atoms with van der Waals surface area (Å²) in [4.78, 5) is 37.4. The lowest BCUT2D eigenvalue weighted by molar-refractivity contribution is -0.136. The van der Waals surface area contributed by atoms with Crippen LogP contribution in [0.1, 0.15) is 32.5 Å². The molecule has 2 heterocycles. The van der Waals surface area contributed by atoms with Crippen LogP contribution in [0.4, 0.5) is 30.2 Å². The Bertz CT molecular complexity index is 1330. The van der Waals surface area contributed by atoms with E-state index in [1.165, 1.54) is 11.3 Å². The molecule has 1 aliphatic rings. The second kappa shape index (κ2) is 8.82. The molecular weight excluding hydrogens is 469 g/mol. The van der Waals surface area contributed by atoms with Gasteiger partial charge in [-0.05, 0) is 49.4 Å². The normalized spacial score (nSPS) is 15.5. The molecule has 7 nitrogen and oxygen atoms in total. The van der Waals surface area contributed by atoms with Gasteiger partial charge in [0.25, 0.3) is 11.8 Å². The summed E-state index contributed by atoms with van der Waals surface area (Å²) in [6.45, 7) is 5.63. The summed E-state index contributed by atoms with van der Waals surface area (Å²) < 4.78 is 40.7. The molecule has 1 aromatic heterocycles. The van der Waals surface area contributed by atoms with Crippen LogP contribution in [0.25, 0.3) is 10.1 Å². The Hall–Kier alpha value is -3.86. The van der Waals surface area contributed by atoms with Gasteiger partial charge >= 0.3 is 6.18 Å². The van der Waals surface area contributed by atoms with Crippen LogP contribution in [0.5, 0.6) is 0 Å². The fourth-order valence-corrected chi connectivity index (χ4v) is 4.59. The zero-order valence-electron chi connectivity index (χ0n) is 17.8. The second-order valence-electron chi connectivity index (χ2n) is 7.68. The predicted molar refractivity (Wildman–Crippen MR) is 125 cm³/mol. The summed E-state index contributed by atoms with van der Waals surface area (Å²) >= 11 is 1.30. The summed E-state index contributed by atoms with van der Waals surface area (Å²) in [5.74, 6) is -1.57. The zero-order chi connectivity index (χ0) is 24.6. The van der Waals surface area contributed by atoms with E-state index in [-0.39, 0.29) is 23.2 Å². The molecule has 176 valence electrons. The molecule has 3 aromatic rings. The molecule has 4 N–H and O–H groups in total. The third kappa shape index (κ3) is 4.60. The number of nitrogens with one attached hydrogen (secondary N) is 4. The number of anilines is 3. The number of halogens is 3. The fourth-order valence-electron chi connectivity index (χ4n) is 3.53. The molecule has 0 radical (unpaired) electrons. The molecule has 4 rings (SSSR count). The van der Waals surface area contributed by atoms with Crippen molar-refractivity contribution in [3.63, 3.8) is 0 Å². The van der Waals surface area contributed by atoms with Gasteiger partial charge in [0.15, 0.2) is 0 Å². The molecule has 0 saturated heterocycles. The first-order valence-electron chi connectivity index (χ1n) is 10.1. The average molecular weight is 488 g/mol. The van der Waals surface area contributed by atoms with Crippen LogP contribution in [-0.2, 0) is 11.0 Å². The lowest BCUT2D eigenvalue weighted by Gasteiger charge is -2.15. The molecule has 0 unspecified atom stereocenters. The summed E-state index contributed by atoms with van der Waals surface area (Å²) in [6.07, 6.45) is -3.86. The minimum atomic E-state index is -4.70. The van der Waals surface area contributed by atoms with Crippen LogP contribution in [0.2, 0.25) is 0 Å². The van der Waals surface area contributed by atoms with Gasteiger partial charge in [0.2, 0.25) is 5.91 Å². The Morgan fingerprint density at radius 3 is 2.65 bits per heavy atom. The molecule has 2 aromatic carbocycles. The minimum Gasteiger partial charge on any atom is -0.381 e. The number of amides is 3. The van der Waals surface area contributed by atoms with E-state index in [2.05, 4.69) is 27.8 Å². The van der Waals surface area contributed by atoms with Crippen molar-refractivity contribution in [2.24, 2.45) is 0 Å². The van der Waals surface area contributed by atoms with E-state index in [0.717, 1.165) is 29.0 Å². The molecular formula is C23H19F3N4O3S. The van der Waals surface area contributed by atoms with Crippen LogP contribution in [0.15, 0.2) is 49.1 Å². The number of carbonyl (C=O) groups is 3. The van der Waals surface area contributed by atoms with E-state index in [0.29, 0.717) is 22.5 Å². The molecule has 1 aliphatic heterocycles. The van der Waals surface area contributed by atoms with Gasteiger partial charge in [-0.1, -0.05) is 6.58 Å². The van der Waals surface area contributed by atoms with Crippen molar-refractivity contribution in [1.82, 2.24) is 5.32 Å². The Balaban J connectivity index is 1.64. The van der Waals surface area contributed by atoms with E-state index in [4.69, 9.17) is 0 Å². The number of hydrogen-bond acceptors (Lipinski definition) is 5. The van der Waals surface area contributed by atoms with Gasteiger partial charge < -0.3 is 21.3 Å². The summed E-state index contributed by atoms with van der Waals surface area (Å²) in [5, 5.41) is 11.5. The first-order chi connectivity index (χ1) is 16.1. The molecule has 0 saturated carbocycles. The van der Waals surface area contributed by atoms with E-state index in [9.17, 15) is 27.6 Å². The molecule has 0 aliphatic carbocycles. The predicted octanol–water partition coefficient (Wildman–Crippen LogP) is 4.84. The fraction of sp³-hybridized carbons (Fsp3) is 0.174. The van der Waals surface area contributed by atoms with Crippen LogP contribution in [0, 0.1) is 0 Å². The van der Waals surface area contributed by atoms with Gasteiger partial charge in [-0.15, -0.1) is 11.3 Å². The maximum Gasteiger partial charge on any atom is 0.418 e. The maximum atomic E-state index is 13.3. The van der Waals surface area contributed by atoms with Gasteiger partial charge in [-0.2, -0.15) is 13.2 Å². The molecule has 1 atom stereocenters. The molecule has 0 spiro atoms. The number of carbonyl (C=O) groups excluding carboxylic acids is 3. The second-order valence-corrected chi connectivity index (χ2v) is 8.73. The van der Waals surface area contributed by atoms with Crippen LogP contribution in [-0.4, -0.2) is 30.3 Å². The van der Waals surface area contributed by atoms with E-state index < -0.39 is 29.2 Å². The molecule has 34 heavy (non-hydrogen) atoms. The lowest BCUT2D eigenvalue weighted by Crippen LogP contribution is -2.34. The Morgan fingerprint density at radius 1 is 1.18 bits per heavy atom. The summed E-state index contributed by atoms with van der Waals surface area (Å²) in [6, 6.07) is 7.75. The van der Waals surface area contributed by atoms with Crippen LogP contribution < -0.4 is 21.3 Å². The summed E-state index contributed by atoms with van der Waals surface area (Å²) in [7, 11) is 0. The highest BCUT2D eigenvalue weighted by Gasteiger charge is 2.34. The number of hydrogen-bond donors (Lipinski definition) is 4. The lowest BCUT2D eigenvalue weighted by atomic mass is 10.1. The first-order valence-corrected chi connectivity index (χ1v) is 11.0. The van der Waals surface area contributed by atoms with E-state index in [1.54, 1.807) is 18.2 Å². The summed E-state index contributed by atoms with van der Waals surface area (Å²) in [5.41, 5.74) is -0.600. The molecule has 0 fully saturated rings. The zero-order valence-corrected chi connectivity index (χ0v) is 18.6. The third-order valence-corrected chi connectivity index (χ3v) is 6.31. The third-order valence-electron chi connectivity index (χ3n) is 5.15. The number of fused-ring (bicyclic) bond motifs is 3. The highest BCUT2D eigenvalue weighted by molar-refractivity contribution is 7.21. The van der Waals surface area contributed by atoms with E-state index in [1.807, 2.05) is 6.92 Å². The number of benzene rings is 2. The minimum absolute atomic E-state index is 0.0629. The highest BCUT2D eigenvalue weighted by Crippen LogP contribution is 2.38. The Morgan fingerprint density at radius 2 is 1.94 bits per heavy atom. The highest BCUT2D eigenvalue weighted by atomic mass is 32.1. The van der Waals surface area contributed by atoms with Crippen molar-refractivity contribution in [2.75, 3.05) is 22.5 Å². The van der Waals surface area contributed by atoms with Gasteiger partial charge in [0.05, 0.1) is 16.9 Å². The van der Waals surface area contributed by atoms with Crippen LogP contribution in [0.3, 0.4) is 0 Å². The molecule has 11 heteroatoms. The Labute approximate surface area is 196 Å². The van der Waals surface area contributed by atoms with Crippen molar-refractivity contribution in [3.8, 4) is 0 Å². The van der Waals surface area contributed by atoms with Crippen LogP contribution >= 0.6 is 11.3 Å². The quantitative estimate of drug-likeness (QED) is 0.395. The SMILES string of the molecule is C=CC(=O)Nc1cc(NC(=O)c2ccc3sc4c(c3c2)NC[C@@H](C)NC4=O)ccc1C(F)(F)F. The topological polar surface area (TPSA) is 99.3 Å². The van der Waals surface area contributed by atoms with Crippen molar-refractivity contribution in [3.05, 3.63) is 65.1 Å².